The van der Waals surface area contributed by atoms with E-state index in [0.717, 1.165) is 23.2 Å². The van der Waals surface area contributed by atoms with Gasteiger partial charge in [0.25, 0.3) is 5.91 Å². The van der Waals surface area contributed by atoms with Gasteiger partial charge >= 0.3 is 6.18 Å². The first-order valence-electron chi connectivity index (χ1n) is 10.1. The number of aromatic amines is 1. The molecule has 0 saturated carbocycles. The van der Waals surface area contributed by atoms with E-state index in [-0.39, 0.29) is 29.3 Å². The van der Waals surface area contributed by atoms with Gasteiger partial charge in [-0.3, -0.25) is 9.59 Å². The average molecular weight is 452 g/mol. The molecule has 6 nitrogen and oxygen atoms in total. The number of aryl methyl sites for hydroxylation is 1. The van der Waals surface area contributed by atoms with Crippen molar-refractivity contribution in [2.75, 3.05) is 10.6 Å². The monoisotopic (exact) mass is 452 g/mol. The number of carbonyl (C=O) groups is 2. The Bertz CT molecular complexity index is 1280. The first kappa shape index (κ1) is 22.1. The first-order chi connectivity index (χ1) is 15.8. The van der Waals surface area contributed by atoms with Gasteiger partial charge in [0.15, 0.2) is 0 Å². The fraction of sp³-hybridized carbons (Fsp3) is 0.125. The average Bonchev–Trinajstić information content (AvgIpc) is 3.21. The van der Waals surface area contributed by atoms with E-state index in [1.165, 1.54) is 18.2 Å². The summed E-state index contributed by atoms with van der Waals surface area (Å²) in [7, 11) is 0. The minimum Gasteiger partial charge on any atom is -0.342 e. The lowest BCUT2D eigenvalue weighted by Crippen LogP contribution is -2.18. The maximum Gasteiger partial charge on any atom is 0.416 e. The number of fused-ring (bicyclic) bond motifs is 1. The molecule has 0 aliphatic rings. The van der Waals surface area contributed by atoms with Crippen LogP contribution in [0.1, 0.15) is 28.2 Å². The molecule has 0 spiro atoms. The molecule has 0 fully saturated rings. The Kier molecular flexibility index (Phi) is 6.12. The highest BCUT2D eigenvalue weighted by Gasteiger charge is 2.30. The van der Waals surface area contributed by atoms with Crippen LogP contribution in [0.5, 0.6) is 0 Å². The van der Waals surface area contributed by atoms with E-state index in [1.807, 2.05) is 24.3 Å². The number of nitrogens with zero attached hydrogens (tertiary/aromatic N) is 1. The van der Waals surface area contributed by atoms with E-state index in [4.69, 9.17) is 0 Å². The van der Waals surface area contributed by atoms with Crippen molar-refractivity contribution in [2.24, 2.45) is 0 Å². The lowest BCUT2D eigenvalue weighted by Gasteiger charge is -2.13. The third kappa shape index (κ3) is 5.38. The number of hydrogen-bond donors (Lipinski definition) is 3. The van der Waals surface area contributed by atoms with Crippen LogP contribution in [-0.4, -0.2) is 21.8 Å². The molecule has 0 aliphatic carbocycles. The van der Waals surface area contributed by atoms with E-state index in [9.17, 15) is 22.8 Å². The number of nitrogens with one attached hydrogen (secondary N) is 3. The molecule has 3 N–H and O–H groups in total. The summed E-state index contributed by atoms with van der Waals surface area (Å²) >= 11 is 0. The van der Waals surface area contributed by atoms with Crippen molar-refractivity contribution in [1.82, 2.24) is 9.97 Å². The zero-order chi connectivity index (χ0) is 23.4. The number of para-hydroxylation sites is 3. The van der Waals surface area contributed by atoms with Gasteiger partial charge in [0, 0.05) is 18.5 Å². The SMILES string of the molecule is O=C(CCc1nc2ccccc2[nH]1)Nc1ccccc1C(=O)Nc1cccc(C(F)(F)F)c1. The third-order valence-corrected chi connectivity index (χ3v) is 4.92. The molecular formula is C24H19F3N4O2. The molecule has 4 aromatic rings. The molecule has 168 valence electrons. The zero-order valence-electron chi connectivity index (χ0n) is 17.2. The smallest absolute Gasteiger partial charge is 0.342 e. The summed E-state index contributed by atoms with van der Waals surface area (Å²) < 4.78 is 38.8. The molecule has 0 bridgehead atoms. The summed E-state index contributed by atoms with van der Waals surface area (Å²) in [4.78, 5) is 32.8. The first-order valence-corrected chi connectivity index (χ1v) is 10.1. The van der Waals surface area contributed by atoms with Crippen LogP contribution in [0.4, 0.5) is 24.5 Å². The fourth-order valence-electron chi connectivity index (χ4n) is 3.33. The van der Waals surface area contributed by atoms with Crippen LogP contribution in [0.15, 0.2) is 72.8 Å². The molecule has 4 rings (SSSR count). The number of hydrogen-bond acceptors (Lipinski definition) is 3. The maximum absolute atomic E-state index is 12.9. The fourth-order valence-corrected chi connectivity index (χ4v) is 3.33. The van der Waals surface area contributed by atoms with Crippen LogP contribution in [0.25, 0.3) is 11.0 Å². The predicted octanol–water partition coefficient (Wildman–Crippen LogP) is 5.41. The number of rotatable bonds is 6. The van der Waals surface area contributed by atoms with E-state index < -0.39 is 17.6 Å². The Morgan fingerprint density at radius 3 is 2.45 bits per heavy atom. The van der Waals surface area contributed by atoms with Gasteiger partial charge in [0.1, 0.15) is 5.82 Å². The number of H-pyrrole nitrogens is 1. The Morgan fingerprint density at radius 2 is 1.67 bits per heavy atom. The van der Waals surface area contributed by atoms with Crippen LogP contribution in [0.3, 0.4) is 0 Å². The number of aromatic nitrogens is 2. The minimum atomic E-state index is -4.52. The second kappa shape index (κ2) is 9.15. The Morgan fingerprint density at radius 1 is 0.909 bits per heavy atom. The topological polar surface area (TPSA) is 86.9 Å². The maximum atomic E-state index is 12.9. The molecule has 2 amide bonds. The molecule has 0 saturated heterocycles. The summed E-state index contributed by atoms with van der Waals surface area (Å²) in [5.41, 5.74) is 1.21. The van der Waals surface area contributed by atoms with Crippen molar-refractivity contribution in [2.45, 2.75) is 19.0 Å². The van der Waals surface area contributed by atoms with Crippen LogP contribution in [0.2, 0.25) is 0 Å². The summed E-state index contributed by atoms with van der Waals surface area (Å²) in [6.07, 6.45) is -4.02. The summed E-state index contributed by atoms with van der Waals surface area (Å²) in [5, 5.41) is 5.15. The van der Waals surface area contributed by atoms with Gasteiger partial charge in [-0.25, -0.2) is 4.98 Å². The van der Waals surface area contributed by atoms with Crippen molar-refractivity contribution in [1.29, 1.82) is 0 Å². The molecule has 0 atom stereocenters. The number of imidazole rings is 1. The number of benzene rings is 3. The van der Waals surface area contributed by atoms with Crippen molar-refractivity contribution in [3.8, 4) is 0 Å². The van der Waals surface area contributed by atoms with Crippen molar-refractivity contribution >= 4 is 34.2 Å². The standard InChI is InChI=1S/C24H19F3N4O2/c25-24(26,27)15-6-5-7-16(14-15)28-23(33)17-8-1-2-9-18(17)31-22(32)13-12-21-29-19-10-3-4-11-20(19)30-21/h1-11,14H,12-13H2,(H,28,33)(H,29,30)(H,31,32). The highest BCUT2D eigenvalue weighted by molar-refractivity contribution is 6.10. The molecule has 0 radical (unpaired) electrons. The van der Waals surface area contributed by atoms with Gasteiger partial charge < -0.3 is 15.6 Å². The second-order valence-electron chi connectivity index (χ2n) is 7.33. The van der Waals surface area contributed by atoms with E-state index in [2.05, 4.69) is 20.6 Å². The molecule has 3 aromatic carbocycles. The molecule has 0 unspecified atom stereocenters. The normalized spacial score (nSPS) is 11.4. The molecule has 9 heteroatoms. The summed E-state index contributed by atoms with van der Waals surface area (Å²) in [6.45, 7) is 0. The van der Waals surface area contributed by atoms with E-state index in [0.29, 0.717) is 12.2 Å². The van der Waals surface area contributed by atoms with Crippen molar-refractivity contribution < 1.29 is 22.8 Å². The van der Waals surface area contributed by atoms with Gasteiger partial charge in [0.05, 0.1) is 27.8 Å². The predicted molar refractivity (Wildman–Crippen MR) is 119 cm³/mol. The van der Waals surface area contributed by atoms with Crippen LogP contribution >= 0.6 is 0 Å². The highest BCUT2D eigenvalue weighted by atomic mass is 19.4. The summed E-state index contributed by atoms with van der Waals surface area (Å²) in [5.74, 6) is -0.292. The number of anilines is 2. The van der Waals surface area contributed by atoms with Gasteiger partial charge in [0.2, 0.25) is 5.91 Å². The lowest BCUT2D eigenvalue weighted by molar-refractivity contribution is -0.137. The molecular weight excluding hydrogens is 433 g/mol. The van der Waals surface area contributed by atoms with Crippen LogP contribution < -0.4 is 10.6 Å². The Balaban J connectivity index is 1.42. The number of amides is 2. The van der Waals surface area contributed by atoms with Crippen molar-refractivity contribution in [3.05, 3.63) is 89.7 Å². The molecule has 0 aliphatic heterocycles. The molecule has 1 heterocycles. The quantitative estimate of drug-likeness (QED) is 0.366. The number of halogens is 3. The summed E-state index contributed by atoms with van der Waals surface area (Å²) in [6, 6.07) is 18.2. The zero-order valence-corrected chi connectivity index (χ0v) is 17.2. The number of carbonyl (C=O) groups excluding carboxylic acids is 2. The largest absolute Gasteiger partial charge is 0.416 e. The lowest BCUT2D eigenvalue weighted by atomic mass is 10.1. The van der Waals surface area contributed by atoms with Gasteiger partial charge in [-0.2, -0.15) is 13.2 Å². The van der Waals surface area contributed by atoms with Crippen LogP contribution in [0, 0.1) is 0 Å². The van der Waals surface area contributed by atoms with Gasteiger partial charge in [-0.1, -0.05) is 30.3 Å². The van der Waals surface area contributed by atoms with E-state index >= 15 is 0 Å². The Hall–Kier alpha value is -4.14. The number of alkyl halides is 3. The van der Waals surface area contributed by atoms with Gasteiger partial charge in [-0.15, -0.1) is 0 Å². The minimum absolute atomic E-state index is 0.000778. The molecule has 33 heavy (non-hydrogen) atoms. The second-order valence-corrected chi connectivity index (χ2v) is 7.33. The Labute approximate surface area is 186 Å². The molecule has 1 aromatic heterocycles. The third-order valence-electron chi connectivity index (χ3n) is 4.92. The van der Waals surface area contributed by atoms with E-state index in [1.54, 1.807) is 18.2 Å². The highest BCUT2D eigenvalue weighted by Crippen LogP contribution is 2.31. The van der Waals surface area contributed by atoms with Crippen molar-refractivity contribution in [3.63, 3.8) is 0 Å². The van der Waals surface area contributed by atoms with Crippen LogP contribution in [-0.2, 0) is 17.4 Å². The van der Waals surface area contributed by atoms with Gasteiger partial charge in [-0.05, 0) is 42.5 Å².